The van der Waals surface area contributed by atoms with Crippen LogP contribution in [0.5, 0.6) is 0 Å². The fourth-order valence-electron chi connectivity index (χ4n) is 4.76. The van der Waals surface area contributed by atoms with Crippen LogP contribution >= 0.6 is 0 Å². The number of hydrogen-bond donors (Lipinski definition) is 3. The molecule has 0 spiro atoms. The van der Waals surface area contributed by atoms with E-state index in [1.165, 1.54) is 0 Å². The van der Waals surface area contributed by atoms with Crippen LogP contribution in [0, 0.1) is 0 Å². The minimum absolute atomic E-state index is 0.0759. The molecule has 3 N–H and O–H groups in total. The number of nitrogens with zero attached hydrogens (tertiary/aromatic N) is 1. The summed E-state index contributed by atoms with van der Waals surface area (Å²) in [5.74, 6) is -0.143. The van der Waals surface area contributed by atoms with Crippen molar-refractivity contribution in [2.45, 2.75) is 31.8 Å². The number of fused-ring (bicyclic) bond motifs is 1. The summed E-state index contributed by atoms with van der Waals surface area (Å²) in [6, 6.07) is 18.9. The van der Waals surface area contributed by atoms with E-state index in [1.54, 1.807) is 6.07 Å². The van der Waals surface area contributed by atoms with Gasteiger partial charge in [-0.25, -0.2) is 4.79 Å². The van der Waals surface area contributed by atoms with E-state index >= 15 is 0 Å². The van der Waals surface area contributed by atoms with E-state index in [0.29, 0.717) is 17.8 Å². The molecular weight excluding hydrogens is 428 g/mol. The van der Waals surface area contributed by atoms with Gasteiger partial charge in [0, 0.05) is 43.0 Å². The van der Waals surface area contributed by atoms with Gasteiger partial charge in [0.15, 0.2) is 0 Å². The van der Waals surface area contributed by atoms with Crippen LogP contribution in [0.2, 0.25) is 0 Å². The van der Waals surface area contributed by atoms with Crippen LogP contribution in [-0.4, -0.2) is 44.3 Å². The summed E-state index contributed by atoms with van der Waals surface area (Å²) in [7, 11) is 0. The Morgan fingerprint density at radius 2 is 1.76 bits per heavy atom. The lowest BCUT2D eigenvalue weighted by atomic mass is 10.1. The van der Waals surface area contributed by atoms with E-state index in [-0.39, 0.29) is 18.0 Å². The summed E-state index contributed by atoms with van der Waals surface area (Å²) < 4.78 is 5.64. The Labute approximate surface area is 199 Å². The molecule has 176 valence electrons. The molecule has 2 saturated heterocycles. The summed E-state index contributed by atoms with van der Waals surface area (Å²) in [6.07, 6.45) is 4.31. The first-order chi connectivity index (χ1) is 16.7. The highest BCUT2D eigenvalue weighted by atomic mass is 16.5. The second-order valence-electron chi connectivity index (χ2n) is 8.88. The van der Waals surface area contributed by atoms with Gasteiger partial charge in [0.1, 0.15) is 0 Å². The van der Waals surface area contributed by atoms with E-state index in [2.05, 4.69) is 20.9 Å². The van der Waals surface area contributed by atoms with Gasteiger partial charge in [-0.3, -0.25) is 4.79 Å². The van der Waals surface area contributed by atoms with Gasteiger partial charge in [0.05, 0.1) is 17.4 Å². The third kappa shape index (κ3) is 4.99. The van der Waals surface area contributed by atoms with E-state index in [0.717, 1.165) is 67.5 Å². The molecule has 0 aliphatic carbocycles. The zero-order chi connectivity index (χ0) is 23.3. The molecule has 1 unspecified atom stereocenters. The monoisotopic (exact) mass is 458 g/mol. The topological polar surface area (TPSA) is 82.7 Å². The van der Waals surface area contributed by atoms with Crippen LogP contribution in [0.3, 0.4) is 0 Å². The van der Waals surface area contributed by atoms with Gasteiger partial charge >= 0.3 is 6.03 Å². The second-order valence-corrected chi connectivity index (χ2v) is 8.88. The molecule has 3 aromatic rings. The minimum Gasteiger partial charge on any atom is -0.376 e. The molecule has 0 bridgehead atoms. The largest absolute Gasteiger partial charge is 0.376 e. The number of nitrogens with one attached hydrogen (secondary N) is 3. The number of ether oxygens (including phenoxy) is 1. The van der Waals surface area contributed by atoms with E-state index in [9.17, 15) is 9.59 Å². The maximum absolute atomic E-state index is 13.1. The van der Waals surface area contributed by atoms with Crippen LogP contribution in [-0.2, 0) is 4.74 Å². The molecule has 2 fully saturated rings. The van der Waals surface area contributed by atoms with Gasteiger partial charge in [-0.05, 0) is 55.3 Å². The standard InChI is InChI=1S/C27H30N4O3/c32-26(28-18-21-9-6-16-34-21)23-17-20(12-13-25(23)31-14-3-4-15-31)29-27(33)30-24-11-5-8-19-7-1-2-10-22(19)24/h1-2,5,7-8,10-13,17,21H,3-4,6,9,14-16,18H2,(H,28,32)(H2,29,30,33). The summed E-state index contributed by atoms with van der Waals surface area (Å²) in [5, 5.41) is 10.9. The SMILES string of the molecule is O=C(Nc1ccc(N2CCCC2)c(C(=O)NCC2CCCO2)c1)Nc1cccc2ccccc12. The van der Waals surface area contributed by atoms with Gasteiger partial charge in [-0.1, -0.05) is 36.4 Å². The number of rotatable bonds is 6. The van der Waals surface area contributed by atoms with Crippen molar-refractivity contribution >= 4 is 39.8 Å². The molecule has 2 aliphatic heterocycles. The number of amides is 3. The average Bonchev–Trinajstić information content (AvgIpc) is 3.57. The summed E-state index contributed by atoms with van der Waals surface area (Å²) in [6.45, 7) is 3.11. The second kappa shape index (κ2) is 10.1. The zero-order valence-electron chi connectivity index (χ0n) is 19.2. The Hall–Kier alpha value is -3.58. The molecule has 0 aromatic heterocycles. The van der Waals surface area contributed by atoms with Gasteiger partial charge in [-0.2, -0.15) is 0 Å². The van der Waals surface area contributed by atoms with Gasteiger partial charge in [0.2, 0.25) is 0 Å². The van der Waals surface area contributed by atoms with Crippen molar-refractivity contribution < 1.29 is 14.3 Å². The van der Waals surface area contributed by atoms with E-state index in [4.69, 9.17) is 4.74 Å². The van der Waals surface area contributed by atoms with Gasteiger partial charge in [-0.15, -0.1) is 0 Å². The molecule has 3 amide bonds. The molecular formula is C27H30N4O3. The first kappa shape index (κ1) is 22.2. The van der Waals surface area contributed by atoms with Crippen molar-refractivity contribution in [2.75, 3.05) is 41.8 Å². The predicted octanol–water partition coefficient (Wildman–Crippen LogP) is 4.99. The van der Waals surface area contributed by atoms with Crippen molar-refractivity contribution in [3.8, 4) is 0 Å². The number of carbonyl (C=O) groups is 2. The van der Waals surface area contributed by atoms with Crippen molar-refractivity contribution in [3.63, 3.8) is 0 Å². The normalized spacial score (nSPS) is 17.6. The highest BCUT2D eigenvalue weighted by molar-refractivity contribution is 6.07. The maximum atomic E-state index is 13.1. The van der Waals surface area contributed by atoms with Gasteiger partial charge < -0.3 is 25.6 Å². The number of benzene rings is 3. The Morgan fingerprint density at radius 1 is 0.941 bits per heavy atom. The highest BCUT2D eigenvalue weighted by Crippen LogP contribution is 2.28. The predicted molar refractivity (Wildman–Crippen MR) is 136 cm³/mol. The summed E-state index contributed by atoms with van der Waals surface area (Å²) in [4.78, 5) is 28.2. The van der Waals surface area contributed by atoms with Crippen LogP contribution in [0.4, 0.5) is 21.9 Å². The van der Waals surface area contributed by atoms with Gasteiger partial charge in [0.25, 0.3) is 5.91 Å². The molecule has 7 heteroatoms. The molecule has 2 heterocycles. The molecule has 3 aromatic carbocycles. The Morgan fingerprint density at radius 3 is 2.59 bits per heavy atom. The highest BCUT2D eigenvalue weighted by Gasteiger charge is 2.22. The maximum Gasteiger partial charge on any atom is 0.323 e. The third-order valence-electron chi connectivity index (χ3n) is 6.50. The van der Waals surface area contributed by atoms with Crippen molar-refractivity contribution in [2.24, 2.45) is 0 Å². The lowest BCUT2D eigenvalue weighted by Gasteiger charge is -2.22. The molecule has 0 radical (unpaired) electrons. The van der Waals surface area contributed by atoms with E-state index < -0.39 is 0 Å². The molecule has 7 nitrogen and oxygen atoms in total. The molecule has 0 saturated carbocycles. The quantitative estimate of drug-likeness (QED) is 0.486. The number of anilines is 3. The van der Waals surface area contributed by atoms with Crippen molar-refractivity contribution in [1.82, 2.24) is 5.32 Å². The Kier molecular flexibility index (Phi) is 6.62. The number of carbonyl (C=O) groups excluding carboxylic acids is 2. The van der Waals surface area contributed by atoms with Crippen LogP contribution in [0.25, 0.3) is 10.8 Å². The number of hydrogen-bond acceptors (Lipinski definition) is 4. The lowest BCUT2D eigenvalue weighted by Crippen LogP contribution is -2.33. The molecule has 5 rings (SSSR count). The van der Waals surface area contributed by atoms with E-state index in [1.807, 2.05) is 54.6 Å². The lowest BCUT2D eigenvalue weighted by molar-refractivity contribution is 0.0858. The fourth-order valence-corrected chi connectivity index (χ4v) is 4.76. The summed E-state index contributed by atoms with van der Waals surface area (Å²) in [5.41, 5.74) is 2.78. The molecule has 2 aliphatic rings. The molecule has 1 atom stereocenters. The van der Waals surface area contributed by atoms with Crippen LogP contribution < -0.4 is 20.9 Å². The first-order valence-corrected chi connectivity index (χ1v) is 12.0. The van der Waals surface area contributed by atoms with Crippen LogP contribution in [0.1, 0.15) is 36.0 Å². The zero-order valence-corrected chi connectivity index (χ0v) is 19.2. The first-order valence-electron chi connectivity index (χ1n) is 12.0. The van der Waals surface area contributed by atoms with Crippen molar-refractivity contribution in [3.05, 3.63) is 66.2 Å². The van der Waals surface area contributed by atoms with Crippen molar-refractivity contribution in [1.29, 1.82) is 0 Å². The fraction of sp³-hybridized carbons (Fsp3) is 0.333. The average molecular weight is 459 g/mol. The number of urea groups is 1. The Balaban J connectivity index is 1.33. The Bertz CT molecular complexity index is 1180. The smallest absolute Gasteiger partial charge is 0.323 e. The third-order valence-corrected chi connectivity index (χ3v) is 6.50. The van der Waals surface area contributed by atoms with Crippen LogP contribution in [0.15, 0.2) is 60.7 Å². The summed E-state index contributed by atoms with van der Waals surface area (Å²) >= 11 is 0. The molecule has 34 heavy (non-hydrogen) atoms. The minimum atomic E-state index is -0.351.